The first-order chi connectivity index (χ1) is 14.3. The molecular weight excluding hydrogens is 384 g/mol. The molecule has 0 unspecified atom stereocenters. The third-order valence-electron chi connectivity index (χ3n) is 4.53. The zero-order chi connectivity index (χ0) is 21.7. The van der Waals surface area contributed by atoms with Crippen molar-refractivity contribution in [2.75, 3.05) is 5.32 Å². The zero-order valence-electron chi connectivity index (χ0n) is 16.5. The Bertz CT molecular complexity index is 1080. The van der Waals surface area contributed by atoms with Gasteiger partial charge in [0, 0.05) is 23.4 Å². The summed E-state index contributed by atoms with van der Waals surface area (Å²) in [6.07, 6.45) is -1.19. The summed E-state index contributed by atoms with van der Waals surface area (Å²) in [5.74, 6) is -1.25. The van der Waals surface area contributed by atoms with Gasteiger partial charge in [0.25, 0.3) is 11.6 Å². The molecule has 7 nitrogen and oxygen atoms in total. The minimum Gasteiger partial charge on any atom is -0.444 e. The minimum absolute atomic E-state index is 0.112. The molecule has 0 heterocycles. The molecule has 30 heavy (non-hydrogen) atoms. The van der Waals surface area contributed by atoms with Crippen LogP contribution < -0.4 is 5.32 Å². The lowest BCUT2D eigenvalue weighted by Crippen LogP contribution is -2.26. The highest BCUT2D eigenvalue weighted by molar-refractivity contribution is 5.98. The number of nitrogens with one attached hydrogen (secondary N) is 1. The first kappa shape index (κ1) is 20.7. The second kappa shape index (κ2) is 9.00. The van der Waals surface area contributed by atoms with Gasteiger partial charge in [-0.3, -0.25) is 14.9 Å². The first-order valence-corrected chi connectivity index (χ1v) is 9.23. The molecular formula is C23H20N2O5. The maximum Gasteiger partial charge on any atom is 0.339 e. The van der Waals surface area contributed by atoms with Crippen molar-refractivity contribution in [3.8, 4) is 0 Å². The van der Waals surface area contributed by atoms with Crippen LogP contribution in [-0.4, -0.2) is 16.8 Å². The smallest absolute Gasteiger partial charge is 0.339 e. The van der Waals surface area contributed by atoms with E-state index in [0.717, 1.165) is 11.1 Å². The summed E-state index contributed by atoms with van der Waals surface area (Å²) in [7, 11) is 0. The van der Waals surface area contributed by atoms with Gasteiger partial charge in [0.2, 0.25) is 6.10 Å². The SMILES string of the molecule is Cc1ccc(C)c(NC(=O)[C@H](OC(=O)c2ccc([N+](=O)[O-])cc2)c2ccccc2)c1. The van der Waals surface area contributed by atoms with E-state index in [1.807, 2.05) is 32.0 Å². The summed E-state index contributed by atoms with van der Waals surface area (Å²) >= 11 is 0. The number of non-ortho nitro benzene ring substituents is 1. The second-order valence-corrected chi connectivity index (χ2v) is 6.81. The molecule has 152 valence electrons. The number of nitrogens with zero attached hydrogens (tertiary/aromatic N) is 1. The van der Waals surface area contributed by atoms with Crippen molar-refractivity contribution in [2.24, 2.45) is 0 Å². The summed E-state index contributed by atoms with van der Waals surface area (Å²) in [5, 5.41) is 13.6. The second-order valence-electron chi connectivity index (χ2n) is 6.81. The van der Waals surface area contributed by atoms with Gasteiger partial charge in [-0.25, -0.2) is 4.79 Å². The van der Waals surface area contributed by atoms with E-state index >= 15 is 0 Å². The number of anilines is 1. The first-order valence-electron chi connectivity index (χ1n) is 9.23. The van der Waals surface area contributed by atoms with E-state index in [2.05, 4.69) is 5.32 Å². The number of carbonyl (C=O) groups excluding carboxylic acids is 2. The lowest BCUT2D eigenvalue weighted by atomic mass is 10.1. The molecule has 0 fully saturated rings. The van der Waals surface area contributed by atoms with Gasteiger partial charge in [-0.1, -0.05) is 42.5 Å². The molecule has 0 aliphatic heterocycles. The van der Waals surface area contributed by atoms with Crippen LogP contribution in [0.1, 0.15) is 33.2 Å². The number of esters is 1. The van der Waals surface area contributed by atoms with Crippen molar-refractivity contribution in [1.82, 2.24) is 0 Å². The van der Waals surface area contributed by atoms with Crippen LogP contribution in [0.2, 0.25) is 0 Å². The number of hydrogen-bond acceptors (Lipinski definition) is 5. The molecule has 1 amide bonds. The average Bonchev–Trinajstić information content (AvgIpc) is 2.75. The van der Waals surface area contributed by atoms with Crippen molar-refractivity contribution >= 4 is 23.3 Å². The fraction of sp³-hybridized carbons (Fsp3) is 0.130. The van der Waals surface area contributed by atoms with Crippen molar-refractivity contribution in [2.45, 2.75) is 20.0 Å². The Kier molecular flexibility index (Phi) is 6.22. The van der Waals surface area contributed by atoms with Crippen LogP contribution in [0.5, 0.6) is 0 Å². The van der Waals surface area contributed by atoms with Gasteiger partial charge >= 0.3 is 5.97 Å². The van der Waals surface area contributed by atoms with Gasteiger partial charge < -0.3 is 10.1 Å². The third kappa shape index (κ3) is 4.88. The van der Waals surface area contributed by atoms with E-state index in [9.17, 15) is 19.7 Å². The average molecular weight is 404 g/mol. The molecule has 1 N–H and O–H groups in total. The predicted molar refractivity (Wildman–Crippen MR) is 112 cm³/mol. The van der Waals surface area contributed by atoms with Gasteiger partial charge in [-0.15, -0.1) is 0 Å². The summed E-state index contributed by atoms with van der Waals surface area (Å²) in [5.41, 5.74) is 2.97. The highest BCUT2D eigenvalue weighted by Crippen LogP contribution is 2.24. The topological polar surface area (TPSA) is 98.5 Å². The van der Waals surface area contributed by atoms with E-state index in [0.29, 0.717) is 11.3 Å². The maximum atomic E-state index is 13.0. The van der Waals surface area contributed by atoms with Crippen LogP contribution in [0.4, 0.5) is 11.4 Å². The molecule has 0 aliphatic carbocycles. The van der Waals surface area contributed by atoms with E-state index < -0.39 is 22.9 Å². The molecule has 0 radical (unpaired) electrons. The Hall–Kier alpha value is -4.00. The molecule has 3 aromatic carbocycles. The number of aryl methyl sites for hydroxylation is 2. The van der Waals surface area contributed by atoms with Crippen molar-refractivity contribution in [1.29, 1.82) is 0 Å². The fourth-order valence-electron chi connectivity index (χ4n) is 2.86. The zero-order valence-corrected chi connectivity index (χ0v) is 16.5. The number of rotatable bonds is 6. The van der Waals surface area contributed by atoms with Crippen molar-refractivity contribution in [3.05, 3.63) is 105 Å². The molecule has 0 bridgehead atoms. The van der Waals surface area contributed by atoms with Crippen LogP contribution in [0, 0.1) is 24.0 Å². The van der Waals surface area contributed by atoms with Gasteiger partial charge in [-0.05, 0) is 43.2 Å². The summed E-state index contributed by atoms with van der Waals surface area (Å²) < 4.78 is 5.51. The van der Waals surface area contributed by atoms with Crippen LogP contribution in [0.25, 0.3) is 0 Å². The van der Waals surface area contributed by atoms with Crippen molar-refractivity contribution < 1.29 is 19.2 Å². The van der Waals surface area contributed by atoms with E-state index in [4.69, 9.17) is 4.74 Å². The molecule has 0 saturated heterocycles. The number of nitro groups is 1. The molecule has 0 saturated carbocycles. The molecule has 0 spiro atoms. The van der Waals surface area contributed by atoms with E-state index in [-0.39, 0.29) is 11.3 Å². The van der Waals surface area contributed by atoms with E-state index in [1.165, 1.54) is 24.3 Å². The Morgan fingerprint density at radius 1 is 0.967 bits per heavy atom. The Balaban J connectivity index is 1.85. The molecule has 3 rings (SSSR count). The summed E-state index contributed by atoms with van der Waals surface area (Å²) in [6.45, 7) is 3.79. The predicted octanol–water partition coefficient (Wildman–Crippen LogP) is 4.75. The third-order valence-corrected chi connectivity index (χ3v) is 4.53. The number of amides is 1. The molecule has 7 heteroatoms. The molecule has 0 aliphatic rings. The lowest BCUT2D eigenvalue weighted by Gasteiger charge is -2.19. The van der Waals surface area contributed by atoms with Crippen LogP contribution in [-0.2, 0) is 9.53 Å². The summed E-state index contributed by atoms with van der Waals surface area (Å²) in [4.78, 5) is 35.9. The minimum atomic E-state index is -1.19. The van der Waals surface area contributed by atoms with Gasteiger partial charge in [0.1, 0.15) is 0 Å². The fourth-order valence-corrected chi connectivity index (χ4v) is 2.86. The number of benzene rings is 3. The number of hydrogen-bond donors (Lipinski definition) is 1. The largest absolute Gasteiger partial charge is 0.444 e. The molecule has 0 aromatic heterocycles. The van der Waals surface area contributed by atoms with Crippen LogP contribution in [0.3, 0.4) is 0 Å². The molecule has 3 aromatic rings. The number of nitro benzene ring substituents is 1. The van der Waals surface area contributed by atoms with Gasteiger partial charge in [0.15, 0.2) is 0 Å². The Morgan fingerprint density at radius 2 is 1.63 bits per heavy atom. The lowest BCUT2D eigenvalue weighted by molar-refractivity contribution is -0.384. The van der Waals surface area contributed by atoms with Crippen LogP contribution >= 0.6 is 0 Å². The van der Waals surface area contributed by atoms with Gasteiger partial charge in [-0.2, -0.15) is 0 Å². The quantitative estimate of drug-likeness (QED) is 0.363. The highest BCUT2D eigenvalue weighted by Gasteiger charge is 2.26. The van der Waals surface area contributed by atoms with E-state index in [1.54, 1.807) is 30.3 Å². The highest BCUT2D eigenvalue weighted by atomic mass is 16.6. The van der Waals surface area contributed by atoms with Crippen molar-refractivity contribution in [3.63, 3.8) is 0 Å². The normalized spacial score (nSPS) is 11.4. The number of ether oxygens (including phenoxy) is 1. The maximum absolute atomic E-state index is 13.0. The Labute approximate surface area is 173 Å². The standard InChI is InChI=1S/C23H20N2O5/c1-15-8-9-16(2)20(14-15)24-22(26)21(17-6-4-3-5-7-17)30-23(27)18-10-12-19(13-11-18)25(28)29/h3-14,21H,1-2H3,(H,24,26)/t21-/m1/s1. The van der Waals surface area contributed by atoms with Gasteiger partial charge in [0.05, 0.1) is 10.5 Å². The molecule has 1 atom stereocenters. The summed E-state index contributed by atoms with van der Waals surface area (Å²) in [6, 6.07) is 19.4. The van der Waals surface area contributed by atoms with Crippen LogP contribution in [0.15, 0.2) is 72.8 Å². The Morgan fingerprint density at radius 3 is 2.27 bits per heavy atom. The number of carbonyl (C=O) groups is 2. The monoisotopic (exact) mass is 404 g/mol.